The van der Waals surface area contributed by atoms with Crippen LogP contribution in [0.3, 0.4) is 0 Å². The van der Waals surface area contributed by atoms with Crippen LogP contribution in [0.4, 0.5) is 0 Å². The Morgan fingerprint density at radius 3 is 2.70 bits per heavy atom. The Morgan fingerprint density at radius 1 is 1.35 bits per heavy atom. The molecule has 0 bridgehead atoms. The average molecular weight is 311 g/mol. The molecule has 2 aromatic rings. The van der Waals surface area contributed by atoms with Crippen LogP contribution < -0.4 is 0 Å². The molecule has 1 amide bonds. The van der Waals surface area contributed by atoms with Gasteiger partial charge in [-0.2, -0.15) is 5.10 Å². The summed E-state index contributed by atoms with van der Waals surface area (Å²) in [6.45, 7) is 5.02. The second kappa shape index (κ2) is 6.57. The number of hydrogen-bond donors (Lipinski definition) is 0. The fourth-order valence-corrected chi connectivity index (χ4v) is 3.76. The maximum atomic E-state index is 13.0. The standard InChI is InChI=1S/C19H25N3O/c1-4-16(15-9-6-5-7-10-15)18-11-8-12-22(18)19(23)17-13-20-21(3)14(17)2/h5-7,9-10,13,16,18H,4,8,11-12H2,1-3H3/t16-,18+/m1/s1. The van der Waals surface area contributed by atoms with Crippen molar-refractivity contribution < 1.29 is 4.79 Å². The predicted molar refractivity (Wildman–Crippen MR) is 91.5 cm³/mol. The number of aromatic nitrogens is 2. The van der Waals surface area contributed by atoms with Crippen molar-refractivity contribution >= 4 is 5.91 Å². The highest BCUT2D eigenvalue weighted by atomic mass is 16.2. The first-order valence-electron chi connectivity index (χ1n) is 8.48. The molecule has 1 aliphatic heterocycles. The fraction of sp³-hybridized carbons (Fsp3) is 0.474. The van der Waals surface area contributed by atoms with Crippen LogP contribution in [0.25, 0.3) is 0 Å². The van der Waals surface area contributed by atoms with E-state index in [1.165, 1.54) is 5.56 Å². The third kappa shape index (κ3) is 2.90. The molecule has 23 heavy (non-hydrogen) atoms. The third-order valence-corrected chi connectivity index (χ3v) is 5.16. The van der Waals surface area contributed by atoms with E-state index in [-0.39, 0.29) is 11.9 Å². The van der Waals surface area contributed by atoms with Gasteiger partial charge in [-0.05, 0) is 31.7 Å². The van der Waals surface area contributed by atoms with E-state index in [1.807, 2.05) is 20.0 Å². The summed E-state index contributed by atoms with van der Waals surface area (Å²) in [5, 5.41) is 4.23. The zero-order valence-corrected chi connectivity index (χ0v) is 14.2. The molecule has 1 aromatic heterocycles. The minimum Gasteiger partial charge on any atom is -0.335 e. The minimum absolute atomic E-state index is 0.132. The van der Waals surface area contributed by atoms with Gasteiger partial charge in [0.05, 0.1) is 11.8 Å². The maximum absolute atomic E-state index is 13.0. The quantitative estimate of drug-likeness (QED) is 0.866. The van der Waals surface area contributed by atoms with E-state index in [0.717, 1.165) is 37.1 Å². The van der Waals surface area contributed by atoms with Crippen LogP contribution in [0, 0.1) is 6.92 Å². The summed E-state index contributed by atoms with van der Waals surface area (Å²) in [4.78, 5) is 15.1. The van der Waals surface area contributed by atoms with Crippen molar-refractivity contribution in [3.05, 3.63) is 53.3 Å². The van der Waals surface area contributed by atoms with E-state index in [1.54, 1.807) is 10.9 Å². The summed E-state index contributed by atoms with van der Waals surface area (Å²) in [6, 6.07) is 10.9. The fourth-order valence-electron chi connectivity index (χ4n) is 3.76. The second-order valence-electron chi connectivity index (χ2n) is 6.40. The lowest BCUT2D eigenvalue weighted by atomic mass is 9.87. The van der Waals surface area contributed by atoms with Crippen molar-refractivity contribution in [2.75, 3.05) is 6.54 Å². The lowest BCUT2D eigenvalue weighted by Crippen LogP contribution is -2.39. The molecule has 4 nitrogen and oxygen atoms in total. The lowest BCUT2D eigenvalue weighted by molar-refractivity contribution is 0.0713. The SMILES string of the molecule is CC[C@H](c1ccccc1)[C@@H]1CCCN1C(=O)c1cnn(C)c1C. The monoisotopic (exact) mass is 311 g/mol. The Morgan fingerprint density at radius 2 is 2.09 bits per heavy atom. The lowest BCUT2D eigenvalue weighted by Gasteiger charge is -2.31. The summed E-state index contributed by atoms with van der Waals surface area (Å²) in [6.07, 6.45) is 4.92. The molecule has 0 saturated carbocycles. The Kier molecular flexibility index (Phi) is 4.51. The Labute approximate surface area is 138 Å². The molecule has 1 aromatic carbocycles. The number of benzene rings is 1. The zero-order valence-electron chi connectivity index (χ0n) is 14.2. The smallest absolute Gasteiger partial charge is 0.257 e. The molecule has 1 fully saturated rings. The molecule has 1 aliphatic rings. The van der Waals surface area contributed by atoms with Crippen molar-refractivity contribution in [2.45, 2.75) is 45.1 Å². The van der Waals surface area contributed by atoms with Crippen molar-refractivity contribution in [2.24, 2.45) is 7.05 Å². The normalized spacial score (nSPS) is 19.1. The van der Waals surface area contributed by atoms with Gasteiger partial charge in [0, 0.05) is 31.2 Å². The van der Waals surface area contributed by atoms with Gasteiger partial charge in [-0.15, -0.1) is 0 Å². The molecular weight excluding hydrogens is 286 g/mol. The number of amides is 1. The zero-order chi connectivity index (χ0) is 16.4. The molecule has 0 N–H and O–H groups in total. The Hall–Kier alpha value is -2.10. The molecule has 2 heterocycles. The average Bonchev–Trinajstić information content (AvgIpc) is 3.17. The van der Waals surface area contributed by atoms with E-state index in [0.29, 0.717) is 5.92 Å². The van der Waals surface area contributed by atoms with Crippen LogP contribution in [0.1, 0.15) is 53.7 Å². The Balaban J connectivity index is 1.87. The van der Waals surface area contributed by atoms with E-state index < -0.39 is 0 Å². The highest BCUT2D eigenvalue weighted by Crippen LogP contribution is 2.34. The third-order valence-electron chi connectivity index (χ3n) is 5.16. The molecule has 3 rings (SSSR count). The Bertz CT molecular complexity index is 677. The van der Waals surface area contributed by atoms with Crippen molar-refractivity contribution in [1.29, 1.82) is 0 Å². The van der Waals surface area contributed by atoms with Gasteiger partial charge in [-0.3, -0.25) is 9.48 Å². The first kappa shape index (κ1) is 15.8. The van der Waals surface area contributed by atoms with E-state index in [4.69, 9.17) is 0 Å². The van der Waals surface area contributed by atoms with Crippen molar-refractivity contribution in [1.82, 2.24) is 14.7 Å². The van der Waals surface area contributed by atoms with E-state index in [9.17, 15) is 4.79 Å². The van der Waals surface area contributed by atoms with Crippen molar-refractivity contribution in [3.63, 3.8) is 0 Å². The van der Waals surface area contributed by atoms with Crippen LogP contribution in [0.5, 0.6) is 0 Å². The molecule has 1 saturated heterocycles. The highest BCUT2D eigenvalue weighted by molar-refractivity contribution is 5.95. The predicted octanol–water partition coefficient (Wildman–Crippen LogP) is 3.53. The van der Waals surface area contributed by atoms with Gasteiger partial charge >= 0.3 is 0 Å². The van der Waals surface area contributed by atoms with Gasteiger partial charge < -0.3 is 4.90 Å². The number of aryl methyl sites for hydroxylation is 1. The number of carbonyl (C=O) groups is 1. The van der Waals surface area contributed by atoms with Gasteiger partial charge in [-0.25, -0.2) is 0 Å². The van der Waals surface area contributed by atoms with Gasteiger partial charge in [0.2, 0.25) is 0 Å². The topological polar surface area (TPSA) is 38.1 Å². The van der Waals surface area contributed by atoms with Gasteiger partial charge in [0.1, 0.15) is 0 Å². The van der Waals surface area contributed by atoms with Gasteiger partial charge in [0.25, 0.3) is 5.91 Å². The number of carbonyl (C=O) groups excluding carboxylic acids is 1. The molecule has 0 spiro atoms. The van der Waals surface area contributed by atoms with E-state index in [2.05, 4.69) is 41.2 Å². The molecule has 0 aliphatic carbocycles. The molecule has 122 valence electrons. The highest BCUT2D eigenvalue weighted by Gasteiger charge is 2.35. The number of hydrogen-bond acceptors (Lipinski definition) is 2. The van der Waals surface area contributed by atoms with E-state index >= 15 is 0 Å². The number of rotatable bonds is 4. The van der Waals surface area contributed by atoms with Gasteiger partial charge in [-0.1, -0.05) is 37.3 Å². The summed E-state index contributed by atoms with van der Waals surface area (Å²) in [5.74, 6) is 0.534. The first-order valence-corrected chi connectivity index (χ1v) is 8.48. The number of likely N-dealkylation sites (tertiary alicyclic amines) is 1. The largest absolute Gasteiger partial charge is 0.335 e. The summed E-state index contributed by atoms with van der Waals surface area (Å²) in [7, 11) is 1.88. The van der Waals surface area contributed by atoms with Crippen LogP contribution in [0.2, 0.25) is 0 Å². The van der Waals surface area contributed by atoms with Crippen LogP contribution in [0.15, 0.2) is 36.5 Å². The molecular formula is C19H25N3O. The molecule has 2 atom stereocenters. The first-order chi connectivity index (χ1) is 11.1. The van der Waals surface area contributed by atoms with Crippen LogP contribution in [-0.2, 0) is 7.05 Å². The maximum Gasteiger partial charge on any atom is 0.257 e. The second-order valence-corrected chi connectivity index (χ2v) is 6.40. The summed E-state index contributed by atoms with van der Waals surface area (Å²) in [5.41, 5.74) is 3.01. The minimum atomic E-state index is 0.132. The molecule has 0 unspecified atom stereocenters. The van der Waals surface area contributed by atoms with Gasteiger partial charge in [0.15, 0.2) is 0 Å². The van der Waals surface area contributed by atoms with Crippen molar-refractivity contribution in [3.8, 4) is 0 Å². The van der Waals surface area contributed by atoms with Crippen LogP contribution >= 0.6 is 0 Å². The molecule has 0 radical (unpaired) electrons. The summed E-state index contributed by atoms with van der Waals surface area (Å²) < 4.78 is 1.77. The molecule has 4 heteroatoms. The summed E-state index contributed by atoms with van der Waals surface area (Å²) >= 11 is 0. The number of nitrogens with zero attached hydrogens (tertiary/aromatic N) is 3. The van der Waals surface area contributed by atoms with Crippen LogP contribution in [-0.4, -0.2) is 33.2 Å².